The Kier molecular flexibility index (Phi) is 5.24. The summed E-state index contributed by atoms with van der Waals surface area (Å²) in [5, 5.41) is 21.6. The first-order valence-electron chi connectivity index (χ1n) is 5.42. The number of aliphatic carboxylic acids is 1. The van der Waals surface area contributed by atoms with Gasteiger partial charge in [0.15, 0.2) is 0 Å². The molecule has 0 bridgehead atoms. The van der Waals surface area contributed by atoms with Crippen LogP contribution in [0.15, 0.2) is 0 Å². The van der Waals surface area contributed by atoms with Gasteiger partial charge in [-0.3, -0.25) is 4.79 Å². The number of hydrogen-bond acceptors (Lipinski definition) is 3. The summed E-state index contributed by atoms with van der Waals surface area (Å²) in [6, 6.07) is 0. The van der Waals surface area contributed by atoms with Crippen LogP contribution < -0.4 is 5.32 Å². The predicted octanol–water partition coefficient (Wildman–Crippen LogP) is 1.38. The van der Waals surface area contributed by atoms with Crippen molar-refractivity contribution in [1.82, 2.24) is 5.32 Å². The van der Waals surface area contributed by atoms with Gasteiger partial charge in [-0.25, -0.2) is 0 Å². The van der Waals surface area contributed by atoms with Gasteiger partial charge < -0.3 is 15.5 Å². The van der Waals surface area contributed by atoms with E-state index in [9.17, 15) is 9.90 Å². The Morgan fingerprint density at radius 2 is 1.80 bits per heavy atom. The molecule has 4 heteroatoms. The van der Waals surface area contributed by atoms with Gasteiger partial charge in [-0.15, -0.1) is 0 Å². The third-order valence-electron chi connectivity index (χ3n) is 2.47. The number of nitrogens with one attached hydrogen (secondary N) is 1. The number of carbonyl (C=O) groups is 1. The molecule has 0 aromatic carbocycles. The van der Waals surface area contributed by atoms with Gasteiger partial charge in [0.1, 0.15) is 5.54 Å². The van der Waals surface area contributed by atoms with Gasteiger partial charge >= 0.3 is 5.97 Å². The van der Waals surface area contributed by atoms with Gasteiger partial charge in [0.25, 0.3) is 0 Å². The summed E-state index contributed by atoms with van der Waals surface area (Å²) in [4.78, 5) is 11.0. The van der Waals surface area contributed by atoms with E-state index in [1.165, 1.54) is 0 Å². The second kappa shape index (κ2) is 5.47. The molecular formula is C11H23NO3. The minimum absolute atomic E-state index is 0.506. The molecule has 0 aliphatic carbocycles. The first kappa shape index (κ1) is 14.4. The van der Waals surface area contributed by atoms with E-state index in [1.54, 1.807) is 20.8 Å². The molecule has 0 aliphatic rings. The van der Waals surface area contributed by atoms with Crippen LogP contribution in [-0.2, 0) is 4.79 Å². The van der Waals surface area contributed by atoms with Gasteiger partial charge in [0, 0.05) is 0 Å². The molecule has 0 saturated carbocycles. The highest BCUT2D eigenvalue weighted by atomic mass is 16.4. The molecule has 0 amide bonds. The van der Waals surface area contributed by atoms with Crippen LogP contribution in [-0.4, -0.2) is 33.9 Å². The largest absolute Gasteiger partial charge is 0.480 e. The summed E-state index contributed by atoms with van der Waals surface area (Å²) in [5.74, 6) is -0.833. The zero-order chi connectivity index (χ0) is 12.1. The molecule has 0 fully saturated rings. The van der Waals surface area contributed by atoms with Crippen LogP contribution in [0.2, 0.25) is 0 Å². The van der Waals surface area contributed by atoms with Crippen molar-refractivity contribution in [3.05, 3.63) is 0 Å². The molecule has 0 radical (unpaired) electrons. The van der Waals surface area contributed by atoms with E-state index < -0.39 is 17.1 Å². The maximum atomic E-state index is 11.0. The molecule has 0 heterocycles. The van der Waals surface area contributed by atoms with Crippen molar-refractivity contribution in [2.75, 3.05) is 6.54 Å². The maximum Gasteiger partial charge on any atom is 0.323 e. The monoisotopic (exact) mass is 217 g/mol. The van der Waals surface area contributed by atoms with Crippen LogP contribution >= 0.6 is 0 Å². The smallest absolute Gasteiger partial charge is 0.323 e. The number of aliphatic hydroxyl groups is 1. The van der Waals surface area contributed by atoms with E-state index in [0.29, 0.717) is 19.4 Å². The molecule has 0 spiro atoms. The first-order chi connectivity index (χ1) is 6.71. The van der Waals surface area contributed by atoms with Crippen LogP contribution in [0, 0.1) is 0 Å². The molecule has 1 unspecified atom stereocenters. The zero-order valence-corrected chi connectivity index (χ0v) is 10.1. The van der Waals surface area contributed by atoms with E-state index in [1.807, 2.05) is 6.92 Å². The molecule has 3 N–H and O–H groups in total. The summed E-state index contributed by atoms with van der Waals surface area (Å²) in [5.41, 5.74) is -1.63. The van der Waals surface area contributed by atoms with Gasteiger partial charge in [-0.2, -0.15) is 0 Å². The van der Waals surface area contributed by atoms with Crippen molar-refractivity contribution in [3.63, 3.8) is 0 Å². The van der Waals surface area contributed by atoms with Gasteiger partial charge in [-0.1, -0.05) is 13.3 Å². The summed E-state index contributed by atoms with van der Waals surface area (Å²) in [6.07, 6.45) is 1.95. The van der Waals surface area contributed by atoms with E-state index in [0.717, 1.165) is 6.42 Å². The van der Waals surface area contributed by atoms with Crippen molar-refractivity contribution in [1.29, 1.82) is 0 Å². The van der Waals surface area contributed by atoms with Crippen molar-refractivity contribution < 1.29 is 15.0 Å². The minimum atomic E-state index is -0.875. The second-order valence-electron chi connectivity index (χ2n) is 4.88. The van der Waals surface area contributed by atoms with Crippen molar-refractivity contribution >= 4 is 5.97 Å². The molecular weight excluding hydrogens is 194 g/mol. The Hall–Kier alpha value is -0.610. The average molecular weight is 217 g/mol. The molecule has 0 aliphatic heterocycles. The van der Waals surface area contributed by atoms with Gasteiger partial charge in [0.2, 0.25) is 0 Å². The van der Waals surface area contributed by atoms with Crippen molar-refractivity contribution in [2.45, 2.75) is 58.1 Å². The molecule has 0 aromatic heterocycles. The summed E-state index contributed by atoms with van der Waals surface area (Å²) >= 11 is 0. The number of rotatable bonds is 7. The molecule has 0 rings (SSSR count). The second-order valence-corrected chi connectivity index (χ2v) is 4.88. The van der Waals surface area contributed by atoms with Gasteiger partial charge in [0.05, 0.1) is 5.60 Å². The fourth-order valence-corrected chi connectivity index (χ4v) is 1.42. The highest BCUT2D eigenvalue weighted by Gasteiger charge is 2.31. The summed E-state index contributed by atoms with van der Waals surface area (Å²) in [6.45, 7) is 7.58. The Labute approximate surface area is 91.7 Å². The van der Waals surface area contributed by atoms with E-state index >= 15 is 0 Å². The molecule has 90 valence electrons. The number of carboxylic acid groups (broad SMARTS) is 1. The Bertz CT molecular complexity index is 210. The third kappa shape index (κ3) is 5.74. The standard InChI is InChI=1S/C11H23NO3/c1-5-6-11(4,9(13)14)12-8-7-10(2,3)15/h12,15H,5-8H2,1-4H3,(H,13,14). The van der Waals surface area contributed by atoms with E-state index in [2.05, 4.69) is 5.32 Å². The average Bonchev–Trinajstić information content (AvgIpc) is 2.01. The van der Waals surface area contributed by atoms with Crippen LogP contribution in [0.25, 0.3) is 0 Å². The minimum Gasteiger partial charge on any atom is -0.480 e. The van der Waals surface area contributed by atoms with Gasteiger partial charge in [-0.05, 0) is 40.2 Å². The lowest BCUT2D eigenvalue weighted by molar-refractivity contribution is -0.144. The van der Waals surface area contributed by atoms with E-state index in [4.69, 9.17) is 5.11 Å². The van der Waals surface area contributed by atoms with E-state index in [-0.39, 0.29) is 0 Å². The fraction of sp³-hybridized carbons (Fsp3) is 0.909. The Balaban J connectivity index is 4.14. The number of carboxylic acids is 1. The molecule has 1 atom stereocenters. The highest BCUT2D eigenvalue weighted by molar-refractivity contribution is 5.78. The van der Waals surface area contributed by atoms with Crippen LogP contribution in [0.1, 0.15) is 47.0 Å². The maximum absolute atomic E-state index is 11.0. The molecule has 0 aromatic rings. The zero-order valence-electron chi connectivity index (χ0n) is 10.1. The Morgan fingerprint density at radius 3 is 2.13 bits per heavy atom. The Morgan fingerprint density at radius 1 is 1.27 bits per heavy atom. The normalized spacial score (nSPS) is 16.1. The van der Waals surface area contributed by atoms with Crippen LogP contribution in [0.4, 0.5) is 0 Å². The fourth-order valence-electron chi connectivity index (χ4n) is 1.42. The summed E-state index contributed by atoms with van der Waals surface area (Å²) < 4.78 is 0. The third-order valence-corrected chi connectivity index (χ3v) is 2.47. The SMILES string of the molecule is CCCC(C)(NCCC(C)(C)O)C(=O)O. The molecule has 0 saturated heterocycles. The van der Waals surface area contributed by atoms with Crippen LogP contribution in [0.3, 0.4) is 0 Å². The number of hydrogen-bond donors (Lipinski definition) is 3. The van der Waals surface area contributed by atoms with Crippen molar-refractivity contribution in [3.8, 4) is 0 Å². The molecule has 4 nitrogen and oxygen atoms in total. The lowest BCUT2D eigenvalue weighted by atomic mass is 9.95. The molecule has 15 heavy (non-hydrogen) atoms. The quantitative estimate of drug-likeness (QED) is 0.602. The lowest BCUT2D eigenvalue weighted by Crippen LogP contribution is -2.50. The lowest BCUT2D eigenvalue weighted by Gasteiger charge is -2.27. The topological polar surface area (TPSA) is 69.6 Å². The van der Waals surface area contributed by atoms with Crippen LogP contribution in [0.5, 0.6) is 0 Å². The summed E-state index contributed by atoms with van der Waals surface area (Å²) in [7, 11) is 0. The highest BCUT2D eigenvalue weighted by Crippen LogP contribution is 2.14. The first-order valence-corrected chi connectivity index (χ1v) is 5.42. The van der Waals surface area contributed by atoms with Crippen molar-refractivity contribution in [2.24, 2.45) is 0 Å². The predicted molar refractivity (Wildman–Crippen MR) is 59.9 cm³/mol.